The summed E-state index contributed by atoms with van der Waals surface area (Å²) in [6.07, 6.45) is 0.711. The average Bonchev–Trinajstić information content (AvgIpc) is 2.93. The van der Waals surface area contributed by atoms with Crippen LogP contribution in [0.2, 0.25) is 5.02 Å². The number of aliphatic hydroxyl groups excluding tert-OH is 1. The maximum absolute atomic E-state index is 12.8. The van der Waals surface area contributed by atoms with Crippen LogP contribution in [-0.2, 0) is 9.59 Å². The molecule has 0 aromatic heterocycles. The van der Waals surface area contributed by atoms with Crippen molar-refractivity contribution in [1.29, 1.82) is 0 Å². The second-order valence-electron chi connectivity index (χ2n) is 7.07. The van der Waals surface area contributed by atoms with Crippen molar-refractivity contribution in [2.45, 2.75) is 12.5 Å². The Kier molecular flexibility index (Phi) is 6.17. The van der Waals surface area contributed by atoms with Gasteiger partial charge < -0.3 is 14.9 Å². The molecule has 1 fully saturated rings. The van der Waals surface area contributed by atoms with Gasteiger partial charge >= 0.3 is 0 Å². The van der Waals surface area contributed by atoms with Gasteiger partial charge in [-0.2, -0.15) is 0 Å². The van der Waals surface area contributed by atoms with Gasteiger partial charge in [-0.3, -0.25) is 9.59 Å². The maximum Gasteiger partial charge on any atom is 0.295 e. The summed E-state index contributed by atoms with van der Waals surface area (Å²) < 4.78 is 0. The van der Waals surface area contributed by atoms with E-state index in [-0.39, 0.29) is 11.3 Å². The van der Waals surface area contributed by atoms with Crippen LogP contribution in [-0.4, -0.2) is 53.8 Å². The Morgan fingerprint density at radius 3 is 2.46 bits per heavy atom. The summed E-state index contributed by atoms with van der Waals surface area (Å²) in [6.45, 7) is 1.19. The molecule has 0 bridgehead atoms. The highest BCUT2D eigenvalue weighted by molar-refractivity contribution is 6.46. The van der Waals surface area contributed by atoms with Gasteiger partial charge in [0.15, 0.2) is 0 Å². The molecule has 0 radical (unpaired) electrons. The first-order valence-corrected chi connectivity index (χ1v) is 9.52. The lowest BCUT2D eigenvalue weighted by molar-refractivity contribution is -0.139. The van der Waals surface area contributed by atoms with Gasteiger partial charge in [-0.25, -0.2) is 0 Å². The smallest absolute Gasteiger partial charge is 0.295 e. The standard InChI is InChI=1S/C22H23ClN2O3/c1-24(2)12-7-13-25-19(16-10-6-11-17(23)14-16)18(21(27)22(25)28)20(26)15-8-4-3-5-9-15/h3-6,8-11,14,19,26H,7,12-13H2,1-2H3/b20-18+. The summed E-state index contributed by atoms with van der Waals surface area (Å²) in [4.78, 5) is 29.2. The van der Waals surface area contributed by atoms with Crippen molar-refractivity contribution in [3.8, 4) is 0 Å². The van der Waals surface area contributed by atoms with E-state index in [9.17, 15) is 14.7 Å². The van der Waals surface area contributed by atoms with Crippen LogP contribution in [0, 0.1) is 0 Å². The molecule has 5 nitrogen and oxygen atoms in total. The fourth-order valence-corrected chi connectivity index (χ4v) is 3.64. The van der Waals surface area contributed by atoms with Crippen LogP contribution in [0.5, 0.6) is 0 Å². The van der Waals surface area contributed by atoms with Crippen molar-refractivity contribution < 1.29 is 14.7 Å². The second-order valence-corrected chi connectivity index (χ2v) is 7.51. The third-order valence-corrected chi connectivity index (χ3v) is 4.99. The Hall–Kier alpha value is -2.63. The molecule has 1 unspecified atom stereocenters. The number of rotatable bonds is 6. The Bertz CT molecular complexity index is 909. The molecule has 6 heteroatoms. The number of Topliss-reactive ketones (excluding diaryl/α,β-unsaturated/α-hetero) is 1. The van der Waals surface area contributed by atoms with Crippen molar-refractivity contribution in [2.24, 2.45) is 0 Å². The number of hydrogen-bond donors (Lipinski definition) is 1. The fourth-order valence-electron chi connectivity index (χ4n) is 3.44. The van der Waals surface area contributed by atoms with Crippen LogP contribution in [0.3, 0.4) is 0 Å². The van der Waals surface area contributed by atoms with Gasteiger partial charge in [-0.05, 0) is 44.8 Å². The van der Waals surface area contributed by atoms with E-state index >= 15 is 0 Å². The van der Waals surface area contributed by atoms with Gasteiger partial charge in [-0.1, -0.05) is 54.1 Å². The van der Waals surface area contributed by atoms with E-state index in [1.165, 1.54) is 4.90 Å². The van der Waals surface area contributed by atoms with Crippen LogP contribution in [0.4, 0.5) is 0 Å². The van der Waals surface area contributed by atoms with Crippen LogP contribution >= 0.6 is 11.6 Å². The molecule has 1 atom stereocenters. The summed E-state index contributed by atoms with van der Waals surface area (Å²) in [7, 11) is 3.91. The van der Waals surface area contributed by atoms with Gasteiger partial charge in [0, 0.05) is 17.1 Å². The number of benzene rings is 2. The van der Waals surface area contributed by atoms with E-state index in [0.29, 0.717) is 29.1 Å². The molecule has 1 aliphatic heterocycles. The molecular weight excluding hydrogens is 376 g/mol. The minimum atomic E-state index is -0.670. The summed E-state index contributed by atoms with van der Waals surface area (Å²) in [5.41, 5.74) is 1.30. The molecule has 146 valence electrons. The average molecular weight is 399 g/mol. The highest BCUT2D eigenvalue weighted by Crippen LogP contribution is 2.39. The van der Waals surface area contributed by atoms with Crippen LogP contribution < -0.4 is 0 Å². The van der Waals surface area contributed by atoms with Gasteiger partial charge in [0.2, 0.25) is 0 Å². The molecular formula is C22H23ClN2O3. The van der Waals surface area contributed by atoms with Crippen molar-refractivity contribution in [3.63, 3.8) is 0 Å². The number of hydrogen-bond acceptors (Lipinski definition) is 4. The lowest BCUT2D eigenvalue weighted by Crippen LogP contribution is -2.32. The molecule has 2 aromatic carbocycles. The van der Waals surface area contributed by atoms with Gasteiger partial charge in [0.1, 0.15) is 5.76 Å². The zero-order valence-electron chi connectivity index (χ0n) is 15.9. The molecule has 1 heterocycles. The molecule has 0 saturated carbocycles. The van der Waals surface area contributed by atoms with Gasteiger partial charge in [-0.15, -0.1) is 0 Å². The Morgan fingerprint density at radius 1 is 1.11 bits per heavy atom. The van der Waals surface area contributed by atoms with Crippen LogP contribution in [0.1, 0.15) is 23.6 Å². The highest BCUT2D eigenvalue weighted by atomic mass is 35.5. The second kappa shape index (κ2) is 8.59. The largest absolute Gasteiger partial charge is 0.507 e. The van der Waals surface area contributed by atoms with Crippen molar-refractivity contribution in [3.05, 3.63) is 76.3 Å². The molecule has 1 saturated heterocycles. The Morgan fingerprint density at radius 2 is 1.82 bits per heavy atom. The predicted octanol–water partition coefficient (Wildman–Crippen LogP) is 3.71. The van der Waals surface area contributed by atoms with E-state index < -0.39 is 17.7 Å². The van der Waals surface area contributed by atoms with E-state index in [4.69, 9.17) is 11.6 Å². The molecule has 28 heavy (non-hydrogen) atoms. The van der Waals surface area contributed by atoms with E-state index in [0.717, 1.165) is 6.54 Å². The molecule has 3 rings (SSSR count). The SMILES string of the molecule is CN(C)CCCN1C(=O)C(=O)/C(=C(/O)c2ccccc2)C1c1cccc(Cl)c1. The van der Waals surface area contributed by atoms with Crippen molar-refractivity contribution >= 4 is 29.1 Å². The summed E-state index contributed by atoms with van der Waals surface area (Å²) in [5, 5.41) is 11.4. The lowest BCUT2D eigenvalue weighted by Gasteiger charge is -2.26. The molecule has 1 amide bonds. The lowest BCUT2D eigenvalue weighted by atomic mass is 9.95. The number of carbonyl (C=O) groups is 2. The minimum absolute atomic E-state index is 0.100. The fraction of sp³-hybridized carbons (Fsp3) is 0.273. The number of nitrogens with zero attached hydrogens (tertiary/aromatic N) is 2. The summed E-state index contributed by atoms with van der Waals surface area (Å²) in [6, 6.07) is 15.2. The monoisotopic (exact) mass is 398 g/mol. The molecule has 0 aliphatic carbocycles. The molecule has 0 spiro atoms. The topological polar surface area (TPSA) is 60.9 Å². The van der Waals surface area contributed by atoms with Crippen LogP contribution in [0.25, 0.3) is 5.76 Å². The zero-order valence-corrected chi connectivity index (χ0v) is 16.7. The van der Waals surface area contributed by atoms with Crippen molar-refractivity contribution in [1.82, 2.24) is 9.80 Å². The number of amides is 1. The third kappa shape index (κ3) is 4.11. The predicted molar refractivity (Wildman–Crippen MR) is 110 cm³/mol. The number of halogens is 1. The highest BCUT2D eigenvalue weighted by Gasteiger charge is 2.45. The summed E-state index contributed by atoms with van der Waals surface area (Å²) >= 11 is 6.16. The molecule has 2 aromatic rings. The summed E-state index contributed by atoms with van der Waals surface area (Å²) in [5.74, 6) is -1.43. The third-order valence-electron chi connectivity index (χ3n) is 4.76. The first-order chi connectivity index (χ1) is 13.4. The minimum Gasteiger partial charge on any atom is -0.507 e. The Balaban J connectivity index is 2.08. The first-order valence-electron chi connectivity index (χ1n) is 9.14. The zero-order chi connectivity index (χ0) is 20.3. The number of likely N-dealkylation sites (tertiary alicyclic amines) is 1. The molecule has 1 aliphatic rings. The van der Waals surface area contributed by atoms with E-state index in [2.05, 4.69) is 0 Å². The number of aliphatic hydroxyl groups is 1. The molecule has 1 N–H and O–H groups in total. The quantitative estimate of drug-likeness (QED) is 0.457. The van der Waals surface area contributed by atoms with Gasteiger partial charge in [0.25, 0.3) is 11.7 Å². The Labute approximate surface area is 169 Å². The number of ketones is 1. The number of carbonyl (C=O) groups excluding carboxylic acids is 2. The normalized spacial score (nSPS) is 18.9. The van der Waals surface area contributed by atoms with E-state index in [1.54, 1.807) is 42.5 Å². The first kappa shape index (κ1) is 20.1. The van der Waals surface area contributed by atoms with Crippen LogP contribution in [0.15, 0.2) is 60.2 Å². The van der Waals surface area contributed by atoms with E-state index in [1.807, 2.05) is 31.1 Å². The van der Waals surface area contributed by atoms with Crippen molar-refractivity contribution in [2.75, 3.05) is 27.2 Å². The van der Waals surface area contributed by atoms with Gasteiger partial charge in [0.05, 0.1) is 11.6 Å². The maximum atomic E-state index is 12.8.